The molecule has 0 spiro atoms. The molecule has 236 valence electrons. The van der Waals surface area contributed by atoms with Gasteiger partial charge in [0.15, 0.2) is 11.6 Å². The maximum absolute atomic E-state index is 15.4. The van der Waals surface area contributed by atoms with Crippen molar-refractivity contribution in [1.29, 1.82) is 0 Å². The topological polar surface area (TPSA) is 110 Å². The van der Waals surface area contributed by atoms with Crippen LogP contribution >= 0.6 is 0 Å². The van der Waals surface area contributed by atoms with Crippen molar-refractivity contribution in [2.45, 2.75) is 32.2 Å². The fraction of sp³-hybridized carbons (Fsp3) is 0.314. The Morgan fingerprint density at radius 3 is 2.67 bits per heavy atom. The summed E-state index contributed by atoms with van der Waals surface area (Å²) in [5, 5.41) is 14.7. The second-order valence-corrected chi connectivity index (χ2v) is 12.4. The fourth-order valence-corrected chi connectivity index (χ4v) is 6.32. The summed E-state index contributed by atoms with van der Waals surface area (Å²) in [7, 11) is 3.98. The molecular weight excluding hydrogens is 584 g/mol. The quantitative estimate of drug-likeness (QED) is 0.127. The van der Waals surface area contributed by atoms with E-state index in [0.29, 0.717) is 63.5 Å². The van der Waals surface area contributed by atoms with Crippen LogP contribution in [0.1, 0.15) is 31.2 Å². The van der Waals surface area contributed by atoms with Gasteiger partial charge >= 0.3 is 0 Å². The lowest BCUT2D eigenvalue weighted by Crippen LogP contribution is -2.20. The van der Waals surface area contributed by atoms with Gasteiger partial charge in [0, 0.05) is 60.4 Å². The highest BCUT2D eigenvalue weighted by atomic mass is 19.1. The van der Waals surface area contributed by atoms with E-state index in [2.05, 4.69) is 46.7 Å². The smallest absolute Gasteiger partial charge is 0.157 e. The van der Waals surface area contributed by atoms with Crippen molar-refractivity contribution < 1.29 is 8.78 Å². The number of aromatic amines is 2. The van der Waals surface area contributed by atoms with E-state index < -0.39 is 5.82 Å². The van der Waals surface area contributed by atoms with E-state index >= 15 is 4.39 Å². The molecule has 0 bridgehead atoms. The molecule has 0 amide bonds. The first-order valence-electron chi connectivity index (χ1n) is 15.8. The fourth-order valence-electron chi connectivity index (χ4n) is 6.32. The second-order valence-electron chi connectivity index (χ2n) is 12.4. The molecule has 1 aliphatic rings. The molecule has 11 heteroatoms. The van der Waals surface area contributed by atoms with Gasteiger partial charge in [-0.15, -0.1) is 0 Å². The predicted molar refractivity (Wildman–Crippen MR) is 178 cm³/mol. The molecule has 0 atom stereocenters. The van der Waals surface area contributed by atoms with Crippen molar-refractivity contribution in [3.63, 3.8) is 0 Å². The zero-order valence-corrected chi connectivity index (χ0v) is 26.0. The van der Waals surface area contributed by atoms with E-state index in [1.165, 1.54) is 43.9 Å². The predicted octanol–water partition coefficient (Wildman–Crippen LogP) is 6.76. The van der Waals surface area contributed by atoms with Crippen LogP contribution in [-0.2, 0) is 6.54 Å². The minimum absolute atomic E-state index is 0.221. The molecule has 0 radical (unpaired) electrons. The summed E-state index contributed by atoms with van der Waals surface area (Å²) < 4.78 is 30.1. The molecule has 4 aromatic heterocycles. The normalized spacial score (nSPS) is 13.8. The monoisotopic (exact) mass is 621 g/mol. The Balaban J connectivity index is 1.19. The number of hydrogen-bond acceptors (Lipinski definition) is 7. The minimum atomic E-state index is -0.438. The molecule has 46 heavy (non-hydrogen) atoms. The largest absolute Gasteiger partial charge is 0.384 e. The molecule has 0 saturated heterocycles. The van der Waals surface area contributed by atoms with Crippen molar-refractivity contribution in [1.82, 2.24) is 40.3 Å². The van der Waals surface area contributed by atoms with Crippen LogP contribution in [0.3, 0.4) is 0 Å². The van der Waals surface area contributed by atoms with Crippen LogP contribution in [0.4, 0.5) is 14.5 Å². The van der Waals surface area contributed by atoms with E-state index in [1.54, 1.807) is 12.4 Å². The molecule has 1 fully saturated rings. The van der Waals surface area contributed by atoms with Crippen LogP contribution in [0.15, 0.2) is 61.1 Å². The highest BCUT2D eigenvalue weighted by Gasteiger charge is 2.19. The number of imidazole rings is 1. The molecule has 7 rings (SSSR count). The first-order chi connectivity index (χ1) is 22.4. The summed E-state index contributed by atoms with van der Waals surface area (Å²) in [6.07, 6.45) is 10.5. The van der Waals surface area contributed by atoms with Gasteiger partial charge in [0.2, 0.25) is 0 Å². The third kappa shape index (κ3) is 6.33. The van der Waals surface area contributed by atoms with Crippen molar-refractivity contribution in [2.75, 3.05) is 39.0 Å². The Morgan fingerprint density at radius 1 is 0.957 bits per heavy atom. The van der Waals surface area contributed by atoms with Crippen molar-refractivity contribution in [2.24, 2.45) is 5.92 Å². The molecular formula is C35H37F2N9. The van der Waals surface area contributed by atoms with Gasteiger partial charge in [0.1, 0.15) is 22.5 Å². The number of halogens is 2. The van der Waals surface area contributed by atoms with E-state index in [0.717, 1.165) is 30.1 Å². The molecule has 4 N–H and O–H groups in total. The van der Waals surface area contributed by atoms with Gasteiger partial charge in [-0.3, -0.25) is 15.1 Å². The van der Waals surface area contributed by atoms with Gasteiger partial charge in [-0.25, -0.2) is 13.8 Å². The van der Waals surface area contributed by atoms with Crippen LogP contribution in [0, 0.1) is 17.6 Å². The highest BCUT2D eigenvalue weighted by Crippen LogP contribution is 2.34. The SMILES string of the molecule is CN(C)CCNc1cc(F)cc(-c2nccc3[nH]c(-c4[nH]nc5c(F)cc(-c6cncc(CNCC7CCCC7)c6)cc45)nc23)c1. The van der Waals surface area contributed by atoms with E-state index in [-0.39, 0.29) is 11.3 Å². The van der Waals surface area contributed by atoms with Crippen LogP contribution in [0.5, 0.6) is 0 Å². The second kappa shape index (κ2) is 12.9. The first-order valence-corrected chi connectivity index (χ1v) is 15.8. The number of benzene rings is 2. The summed E-state index contributed by atoms with van der Waals surface area (Å²) in [6, 6.07) is 12.1. The number of nitrogens with zero attached hydrogens (tertiary/aromatic N) is 5. The molecule has 4 heterocycles. The number of fused-ring (bicyclic) bond motifs is 2. The number of pyridine rings is 2. The van der Waals surface area contributed by atoms with Crippen LogP contribution in [0.25, 0.3) is 55.8 Å². The molecule has 9 nitrogen and oxygen atoms in total. The Labute approximate surface area is 265 Å². The number of H-pyrrole nitrogens is 2. The third-order valence-corrected chi connectivity index (χ3v) is 8.67. The third-order valence-electron chi connectivity index (χ3n) is 8.67. The van der Waals surface area contributed by atoms with Crippen molar-refractivity contribution in [3.8, 4) is 33.9 Å². The molecule has 0 aliphatic heterocycles. The van der Waals surface area contributed by atoms with E-state index in [4.69, 9.17) is 4.98 Å². The Hall–Kier alpha value is -4.74. The molecule has 0 unspecified atom stereocenters. The summed E-state index contributed by atoms with van der Waals surface area (Å²) >= 11 is 0. The number of aromatic nitrogens is 6. The number of nitrogens with one attached hydrogen (secondary N) is 4. The first kappa shape index (κ1) is 29.9. The summed E-state index contributed by atoms with van der Waals surface area (Å²) in [5.41, 5.74) is 6.43. The van der Waals surface area contributed by atoms with Gasteiger partial charge in [0.25, 0.3) is 0 Å². The van der Waals surface area contributed by atoms with Gasteiger partial charge < -0.3 is 20.5 Å². The van der Waals surface area contributed by atoms with E-state index in [9.17, 15) is 4.39 Å². The van der Waals surface area contributed by atoms with Crippen molar-refractivity contribution >= 4 is 27.6 Å². The number of hydrogen-bond donors (Lipinski definition) is 4. The van der Waals surface area contributed by atoms with Crippen LogP contribution in [0.2, 0.25) is 0 Å². The van der Waals surface area contributed by atoms with Crippen LogP contribution < -0.4 is 10.6 Å². The van der Waals surface area contributed by atoms with Gasteiger partial charge in [-0.2, -0.15) is 5.10 Å². The maximum Gasteiger partial charge on any atom is 0.157 e. The average Bonchev–Trinajstić information content (AvgIpc) is 3.81. The maximum atomic E-state index is 15.4. The van der Waals surface area contributed by atoms with Gasteiger partial charge in [-0.05, 0) is 93.0 Å². The molecule has 1 aliphatic carbocycles. The molecule has 1 saturated carbocycles. The zero-order chi connectivity index (χ0) is 31.6. The highest BCUT2D eigenvalue weighted by molar-refractivity contribution is 5.98. The zero-order valence-electron chi connectivity index (χ0n) is 26.0. The lowest BCUT2D eigenvalue weighted by atomic mass is 10.0. The van der Waals surface area contributed by atoms with Crippen molar-refractivity contribution in [3.05, 3.63) is 78.3 Å². The Bertz CT molecular complexity index is 1990. The van der Waals surface area contributed by atoms with Gasteiger partial charge in [-0.1, -0.05) is 12.8 Å². The molecule has 6 aromatic rings. The minimum Gasteiger partial charge on any atom is -0.384 e. The number of rotatable bonds is 11. The lowest BCUT2D eigenvalue weighted by molar-refractivity contribution is 0.425. The summed E-state index contributed by atoms with van der Waals surface area (Å²) in [5.74, 6) is 0.420. The standard InChI is InChI=1S/C35H37F2N9/c1-46(2)10-9-40-27-13-24(12-26(36)16-27)31-34-30(7-8-41-31)42-35(43-34)33-28-14-23(15-29(37)32(28)44-45-33)25-11-22(19-39-20-25)18-38-17-21-5-3-4-6-21/h7-8,11-16,19-21,38,40H,3-6,9-10,17-18H2,1-2H3,(H,42,43)(H,44,45). The lowest BCUT2D eigenvalue weighted by Gasteiger charge is -2.12. The number of anilines is 1. The van der Waals surface area contributed by atoms with E-state index in [1.807, 2.05) is 38.5 Å². The summed E-state index contributed by atoms with van der Waals surface area (Å²) in [6.45, 7) is 3.20. The summed E-state index contributed by atoms with van der Waals surface area (Å²) in [4.78, 5) is 19.3. The number of likely N-dealkylation sites (N-methyl/N-ethyl adjacent to an activating group) is 1. The average molecular weight is 622 g/mol. The Morgan fingerprint density at radius 2 is 1.83 bits per heavy atom. The van der Waals surface area contributed by atoms with Crippen LogP contribution in [-0.4, -0.2) is 68.8 Å². The van der Waals surface area contributed by atoms with Gasteiger partial charge in [0.05, 0.1) is 11.2 Å². The molecule has 2 aromatic carbocycles. The Kier molecular flexibility index (Phi) is 8.42.